The highest BCUT2D eigenvalue weighted by Crippen LogP contribution is 2.43. The summed E-state index contributed by atoms with van der Waals surface area (Å²) in [5, 5.41) is 7.65. The zero-order chi connectivity index (χ0) is 26.5. The second-order valence-electron chi connectivity index (χ2n) is 10.4. The molecule has 1 saturated heterocycles. The first-order valence-electron chi connectivity index (χ1n) is 13.6. The smallest absolute Gasteiger partial charge is 0.273 e. The number of morpholine rings is 1. The van der Waals surface area contributed by atoms with Gasteiger partial charge in [0.05, 0.1) is 38.7 Å². The number of methoxy groups -OCH3 is 1. The molecule has 2 aliphatic heterocycles. The molecule has 3 aromatic rings. The van der Waals surface area contributed by atoms with E-state index in [1.165, 1.54) is 0 Å². The first kappa shape index (κ1) is 26.3. The van der Waals surface area contributed by atoms with Crippen molar-refractivity contribution >= 4 is 5.91 Å². The molecule has 0 saturated carbocycles. The monoisotopic (exact) mass is 518 g/mol. The second-order valence-corrected chi connectivity index (χ2v) is 10.4. The molecule has 1 atom stereocenters. The lowest BCUT2D eigenvalue weighted by atomic mass is 9.96. The molecule has 202 valence electrons. The third kappa shape index (κ3) is 5.71. The SMILES string of the molecule is COc1ccc(-c2n[nH]c3c2C(c2ccc(OCCC(C)C)cc2)N(CCCN2CCOCC2)C3=O)cc1. The molecule has 8 heteroatoms. The topological polar surface area (TPSA) is 79.9 Å². The van der Waals surface area contributed by atoms with Gasteiger partial charge in [0, 0.05) is 37.3 Å². The Kier molecular flexibility index (Phi) is 8.29. The van der Waals surface area contributed by atoms with Crippen LogP contribution in [-0.4, -0.2) is 79.0 Å². The average Bonchev–Trinajstić information content (AvgIpc) is 3.48. The molecule has 0 spiro atoms. The van der Waals surface area contributed by atoms with Crippen LogP contribution in [0.4, 0.5) is 0 Å². The Hall–Kier alpha value is -3.36. The van der Waals surface area contributed by atoms with E-state index in [0.717, 1.165) is 79.6 Å². The average molecular weight is 519 g/mol. The van der Waals surface area contributed by atoms with Crippen LogP contribution < -0.4 is 9.47 Å². The number of fused-ring (bicyclic) bond motifs is 1. The van der Waals surface area contributed by atoms with Crippen LogP contribution in [0.1, 0.15) is 54.3 Å². The molecule has 0 aliphatic carbocycles. The van der Waals surface area contributed by atoms with Crippen molar-refractivity contribution in [1.29, 1.82) is 0 Å². The molecular weight excluding hydrogens is 480 g/mol. The zero-order valence-electron chi connectivity index (χ0n) is 22.6. The third-order valence-electron chi connectivity index (χ3n) is 7.36. The van der Waals surface area contributed by atoms with E-state index in [2.05, 4.69) is 41.1 Å². The summed E-state index contributed by atoms with van der Waals surface area (Å²) >= 11 is 0. The van der Waals surface area contributed by atoms with Crippen molar-refractivity contribution in [3.05, 3.63) is 65.4 Å². The van der Waals surface area contributed by atoms with E-state index in [4.69, 9.17) is 14.2 Å². The van der Waals surface area contributed by atoms with Crippen LogP contribution in [0, 0.1) is 5.92 Å². The maximum Gasteiger partial charge on any atom is 0.273 e. The van der Waals surface area contributed by atoms with Crippen LogP contribution in [0.25, 0.3) is 11.3 Å². The van der Waals surface area contributed by atoms with Crippen LogP contribution in [0.5, 0.6) is 11.5 Å². The number of hydrogen-bond acceptors (Lipinski definition) is 6. The summed E-state index contributed by atoms with van der Waals surface area (Å²) < 4.78 is 16.8. The van der Waals surface area contributed by atoms with Crippen molar-refractivity contribution in [3.8, 4) is 22.8 Å². The van der Waals surface area contributed by atoms with Crippen LogP contribution in [0.15, 0.2) is 48.5 Å². The number of H-pyrrole nitrogens is 1. The highest BCUT2D eigenvalue weighted by molar-refractivity contribution is 6.00. The van der Waals surface area contributed by atoms with Gasteiger partial charge in [-0.2, -0.15) is 5.10 Å². The zero-order valence-corrected chi connectivity index (χ0v) is 22.6. The third-order valence-corrected chi connectivity index (χ3v) is 7.36. The molecule has 1 unspecified atom stereocenters. The van der Waals surface area contributed by atoms with Crippen molar-refractivity contribution in [2.24, 2.45) is 5.92 Å². The Morgan fingerprint density at radius 1 is 1.03 bits per heavy atom. The van der Waals surface area contributed by atoms with Crippen molar-refractivity contribution in [2.45, 2.75) is 32.7 Å². The molecule has 1 fully saturated rings. The molecule has 2 aliphatic rings. The normalized spacial score (nSPS) is 17.7. The first-order chi connectivity index (χ1) is 18.5. The number of nitrogens with one attached hydrogen (secondary N) is 1. The summed E-state index contributed by atoms with van der Waals surface area (Å²) in [7, 11) is 1.65. The maximum atomic E-state index is 13.7. The number of aromatic nitrogens is 2. The molecule has 3 heterocycles. The number of amides is 1. The van der Waals surface area contributed by atoms with Crippen molar-refractivity contribution in [1.82, 2.24) is 20.0 Å². The lowest BCUT2D eigenvalue weighted by molar-refractivity contribution is 0.0354. The summed E-state index contributed by atoms with van der Waals surface area (Å²) in [5.74, 6) is 2.23. The van der Waals surface area contributed by atoms with Gasteiger partial charge in [-0.15, -0.1) is 0 Å². The predicted octanol–water partition coefficient (Wildman–Crippen LogP) is 4.78. The highest BCUT2D eigenvalue weighted by atomic mass is 16.5. The fraction of sp³-hybridized carbons (Fsp3) is 0.467. The van der Waals surface area contributed by atoms with Gasteiger partial charge in [-0.25, -0.2) is 0 Å². The van der Waals surface area contributed by atoms with E-state index in [-0.39, 0.29) is 11.9 Å². The van der Waals surface area contributed by atoms with E-state index < -0.39 is 0 Å². The Morgan fingerprint density at radius 2 is 1.74 bits per heavy atom. The molecule has 0 radical (unpaired) electrons. The highest BCUT2D eigenvalue weighted by Gasteiger charge is 2.42. The van der Waals surface area contributed by atoms with Crippen molar-refractivity contribution in [2.75, 3.05) is 53.1 Å². The van der Waals surface area contributed by atoms with Gasteiger partial charge in [0.15, 0.2) is 0 Å². The van der Waals surface area contributed by atoms with E-state index in [1.54, 1.807) is 7.11 Å². The molecule has 1 aromatic heterocycles. The minimum absolute atomic E-state index is 0.00324. The Morgan fingerprint density at radius 3 is 2.42 bits per heavy atom. The van der Waals surface area contributed by atoms with Gasteiger partial charge in [0.25, 0.3) is 5.91 Å². The Balaban J connectivity index is 1.41. The fourth-order valence-corrected chi connectivity index (χ4v) is 5.19. The van der Waals surface area contributed by atoms with Gasteiger partial charge in [0.1, 0.15) is 17.2 Å². The minimum atomic E-state index is -0.220. The molecule has 1 amide bonds. The van der Waals surface area contributed by atoms with E-state index in [1.807, 2.05) is 41.3 Å². The quantitative estimate of drug-likeness (QED) is 0.394. The van der Waals surface area contributed by atoms with Gasteiger partial charge < -0.3 is 19.1 Å². The van der Waals surface area contributed by atoms with Gasteiger partial charge in [0.2, 0.25) is 0 Å². The number of carbonyl (C=O) groups excluding carboxylic acids is 1. The summed E-state index contributed by atoms with van der Waals surface area (Å²) in [6, 6.07) is 15.8. The molecule has 2 aromatic carbocycles. The predicted molar refractivity (Wildman–Crippen MR) is 147 cm³/mol. The maximum absolute atomic E-state index is 13.7. The number of benzene rings is 2. The Bertz CT molecular complexity index is 1200. The fourth-order valence-electron chi connectivity index (χ4n) is 5.19. The molecule has 0 bridgehead atoms. The lowest BCUT2D eigenvalue weighted by Gasteiger charge is -2.29. The minimum Gasteiger partial charge on any atom is -0.497 e. The number of rotatable bonds is 11. The van der Waals surface area contributed by atoms with Gasteiger partial charge in [-0.3, -0.25) is 14.8 Å². The summed E-state index contributed by atoms with van der Waals surface area (Å²) in [6.07, 6.45) is 1.91. The first-order valence-corrected chi connectivity index (χ1v) is 13.6. The van der Waals surface area contributed by atoms with E-state index >= 15 is 0 Å². The number of aromatic amines is 1. The summed E-state index contributed by atoms with van der Waals surface area (Å²) in [6.45, 7) is 10.1. The number of hydrogen-bond donors (Lipinski definition) is 1. The van der Waals surface area contributed by atoms with Gasteiger partial charge in [-0.1, -0.05) is 26.0 Å². The number of nitrogens with zero attached hydrogens (tertiary/aromatic N) is 3. The van der Waals surface area contributed by atoms with Crippen LogP contribution in [0.3, 0.4) is 0 Å². The molecule has 1 N–H and O–H groups in total. The summed E-state index contributed by atoms with van der Waals surface area (Å²) in [4.78, 5) is 18.1. The van der Waals surface area contributed by atoms with Gasteiger partial charge in [-0.05, 0) is 60.7 Å². The summed E-state index contributed by atoms with van der Waals surface area (Å²) in [5.41, 5.74) is 4.30. The standard InChI is InChI=1S/C30H38N4O4/c1-21(2)13-18-38-25-11-7-23(8-12-25)29-26-27(22-5-9-24(36-3)10-6-22)31-32-28(26)30(35)34(29)15-4-14-33-16-19-37-20-17-33/h5-12,21,29H,4,13-20H2,1-3H3,(H,31,32). The molecule has 5 rings (SSSR count). The van der Waals surface area contributed by atoms with E-state index in [9.17, 15) is 4.79 Å². The number of ether oxygens (including phenoxy) is 3. The molecular formula is C30H38N4O4. The molecule has 8 nitrogen and oxygen atoms in total. The number of carbonyl (C=O) groups is 1. The van der Waals surface area contributed by atoms with E-state index in [0.29, 0.717) is 24.8 Å². The lowest BCUT2D eigenvalue weighted by Crippen LogP contribution is -2.38. The van der Waals surface area contributed by atoms with Crippen molar-refractivity contribution < 1.29 is 19.0 Å². The Labute approximate surface area is 224 Å². The molecule has 38 heavy (non-hydrogen) atoms. The van der Waals surface area contributed by atoms with Crippen molar-refractivity contribution in [3.63, 3.8) is 0 Å². The van der Waals surface area contributed by atoms with Crippen LogP contribution >= 0.6 is 0 Å². The second kappa shape index (κ2) is 12.0. The van der Waals surface area contributed by atoms with Crippen LogP contribution in [0.2, 0.25) is 0 Å². The van der Waals surface area contributed by atoms with Gasteiger partial charge >= 0.3 is 0 Å². The largest absolute Gasteiger partial charge is 0.497 e. The van der Waals surface area contributed by atoms with Crippen LogP contribution in [-0.2, 0) is 4.74 Å².